The zero-order valence-corrected chi connectivity index (χ0v) is 14.6. The van der Waals surface area contributed by atoms with Gasteiger partial charge in [-0.3, -0.25) is 4.79 Å². The van der Waals surface area contributed by atoms with Crippen LogP contribution in [0.2, 0.25) is 0 Å². The molecule has 0 saturated carbocycles. The molecule has 1 aliphatic rings. The van der Waals surface area contributed by atoms with E-state index < -0.39 is 0 Å². The number of hydrogen-bond acceptors (Lipinski definition) is 2. The molecule has 1 aliphatic heterocycles. The molecule has 0 atom stereocenters. The molecule has 0 spiro atoms. The van der Waals surface area contributed by atoms with Crippen molar-refractivity contribution in [3.63, 3.8) is 0 Å². The summed E-state index contributed by atoms with van der Waals surface area (Å²) in [5.41, 5.74) is 1.20. The normalized spacial score (nSPS) is 19.0. The topological polar surface area (TPSA) is 20.3 Å². The molecule has 5 heteroatoms. The van der Waals surface area contributed by atoms with Gasteiger partial charge in [0.25, 0.3) is 5.91 Å². The van der Waals surface area contributed by atoms with E-state index in [1.165, 1.54) is 6.42 Å². The summed E-state index contributed by atoms with van der Waals surface area (Å²) in [6, 6.07) is 1.91. The minimum absolute atomic E-state index is 0.155. The smallest absolute Gasteiger partial charge is 0.255 e. The van der Waals surface area contributed by atoms with E-state index in [1.54, 1.807) is 11.3 Å². The molecule has 1 aromatic rings. The summed E-state index contributed by atoms with van der Waals surface area (Å²) in [6.45, 7) is 6.32. The maximum atomic E-state index is 12.4. The Morgan fingerprint density at radius 3 is 2.50 bits per heavy atom. The first-order chi connectivity index (χ1) is 8.45. The zero-order chi connectivity index (χ0) is 13.3. The second kappa shape index (κ2) is 5.63. The molecule has 0 bridgehead atoms. The van der Waals surface area contributed by atoms with Gasteiger partial charge < -0.3 is 4.90 Å². The summed E-state index contributed by atoms with van der Waals surface area (Å²) in [5, 5.41) is 0. The lowest BCUT2D eigenvalue weighted by molar-refractivity contribution is 0.0600. The van der Waals surface area contributed by atoms with Crippen molar-refractivity contribution in [3.05, 3.63) is 19.2 Å². The number of likely N-dealkylation sites (tertiary alicyclic amines) is 1. The number of carbonyl (C=O) groups is 1. The van der Waals surface area contributed by atoms with Gasteiger partial charge in [-0.15, -0.1) is 11.3 Å². The highest BCUT2D eigenvalue weighted by Gasteiger charge is 2.31. The van der Waals surface area contributed by atoms with E-state index in [4.69, 9.17) is 0 Å². The molecule has 2 rings (SSSR count). The molecule has 0 N–H and O–H groups in total. The van der Waals surface area contributed by atoms with Crippen molar-refractivity contribution in [2.24, 2.45) is 5.41 Å². The number of rotatable bonds is 2. The zero-order valence-electron chi connectivity index (χ0n) is 10.6. The van der Waals surface area contributed by atoms with E-state index in [9.17, 15) is 4.79 Å². The van der Waals surface area contributed by atoms with E-state index in [0.717, 1.165) is 39.1 Å². The highest BCUT2D eigenvalue weighted by molar-refractivity contribution is 9.12. The summed E-state index contributed by atoms with van der Waals surface area (Å²) < 4.78 is 1.91. The molecular weight excluding hydrogens is 378 g/mol. The highest BCUT2D eigenvalue weighted by atomic mass is 79.9. The molecule has 1 aromatic heterocycles. The van der Waals surface area contributed by atoms with Crippen LogP contribution in [0.1, 0.15) is 43.5 Å². The van der Waals surface area contributed by atoms with E-state index in [2.05, 4.69) is 45.7 Å². The van der Waals surface area contributed by atoms with Gasteiger partial charge in [-0.05, 0) is 56.2 Å². The molecule has 1 fully saturated rings. The predicted molar refractivity (Wildman–Crippen MR) is 83.3 cm³/mol. The van der Waals surface area contributed by atoms with E-state index in [0.29, 0.717) is 5.41 Å². The fourth-order valence-electron chi connectivity index (χ4n) is 2.26. The van der Waals surface area contributed by atoms with Crippen LogP contribution in [0.3, 0.4) is 0 Å². The third-order valence-electron chi connectivity index (χ3n) is 4.00. The minimum Gasteiger partial charge on any atom is -0.339 e. The van der Waals surface area contributed by atoms with Crippen LogP contribution in [-0.2, 0) is 0 Å². The molecule has 1 saturated heterocycles. The van der Waals surface area contributed by atoms with Gasteiger partial charge in [-0.2, -0.15) is 0 Å². The standard InChI is InChI=1S/C13H17Br2NOS/c1-3-13(2)4-6-16(7-5-13)12(17)9-8-10(14)18-11(9)15/h8H,3-7H2,1-2H3. The Kier molecular flexibility index (Phi) is 4.55. The number of thiophene rings is 1. The van der Waals surface area contributed by atoms with Gasteiger partial charge in [-0.25, -0.2) is 0 Å². The van der Waals surface area contributed by atoms with Crippen molar-refractivity contribution >= 4 is 49.1 Å². The second-order valence-electron chi connectivity index (χ2n) is 5.19. The third-order valence-corrected chi connectivity index (χ3v) is 6.34. The first kappa shape index (κ1) is 14.5. The molecule has 100 valence electrons. The van der Waals surface area contributed by atoms with Crippen molar-refractivity contribution in [1.29, 1.82) is 0 Å². The van der Waals surface area contributed by atoms with E-state index in [1.807, 2.05) is 11.0 Å². The summed E-state index contributed by atoms with van der Waals surface area (Å²) in [6.07, 6.45) is 3.42. The van der Waals surface area contributed by atoms with Crippen LogP contribution in [0.4, 0.5) is 0 Å². The molecule has 18 heavy (non-hydrogen) atoms. The number of nitrogens with zero attached hydrogens (tertiary/aromatic N) is 1. The number of carbonyl (C=O) groups excluding carboxylic acids is 1. The van der Waals surface area contributed by atoms with Crippen LogP contribution < -0.4 is 0 Å². The van der Waals surface area contributed by atoms with Crippen molar-refractivity contribution in [2.75, 3.05) is 13.1 Å². The van der Waals surface area contributed by atoms with Gasteiger partial charge in [-0.1, -0.05) is 20.3 Å². The van der Waals surface area contributed by atoms with Crippen LogP contribution in [-0.4, -0.2) is 23.9 Å². The quantitative estimate of drug-likeness (QED) is 0.696. The monoisotopic (exact) mass is 393 g/mol. The number of piperidine rings is 1. The van der Waals surface area contributed by atoms with Gasteiger partial charge in [0.1, 0.15) is 0 Å². The molecule has 0 aromatic carbocycles. The molecule has 0 radical (unpaired) electrons. The summed E-state index contributed by atoms with van der Waals surface area (Å²) in [4.78, 5) is 14.4. The fourth-order valence-corrected chi connectivity index (χ4v) is 5.04. The lowest BCUT2D eigenvalue weighted by Crippen LogP contribution is -2.41. The lowest BCUT2D eigenvalue weighted by Gasteiger charge is -2.38. The van der Waals surface area contributed by atoms with Gasteiger partial charge in [0.15, 0.2) is 0 Å². The van der Waals surface area contributed by atoms with Crippen LogP contribution in [0, 0.1) is 5.41 Å². The molecule has 2 nitrogen and oxygen atoms in total. The molecule has 2 heterocycles. The van der Waals surface area contributed by atoms with Crippen LogP contribution in [0.25, 0.3) is 0 Å². The summed E-state index contributed by atoms with van der Waals surface area (Å²) in [5.74, 6) is 0.155. The number of amides is 1. The predicted octanol–water partition coefficient (Wildman–Crippen LogP) is 4.93. The lowest BCUT2D eigenvalue weighted by atomic mass is 9.78. The van der Waals surface area contributed by atoms with Crippen molar-refractivity contribution in [1.82, 2.24) is 4.90 Å². The van der Waals surface area contributed by atoms with Gasteiger partial charge in [0.2, 0.25) is 0 Å². The van der Waals surface area contributed by atoms with Crippen molar-refractivity contribution in [3.8, 4) is 0 Å². The molecular formula is C13H17Br2NOS. The highest BCUT2D eigenvalue weighted by Crippen LogP contribution is 2.36. The van der Waals surface area contributed by atoms with E-state index in [-0.39, 0.29) is 5.91 Å². The largest absolute Gasteiger partial charge is 0.339 e. The second-order valence-corrected chi connectivity index (χ2v) is 8.94. The molecule has 0 aliphatic carbocycles. The Hall–Kier alpha value is 0.130. The first-order valence-corrected chi connectivity index (χ1v) is 8.59. The summed E-state index contributed by atoms with van der Waals surface area (Å²) in [7, 11) is 0. The van der Waals surface area contributed by atoms with E-state index >= 15 is 0 Å². The Balaban J connectivity index is 2.06. The third kappa shape index (κ3) is 2.99. The van der Waals surface area contributed by atoms with Crippen LogP contribution in [0.5, 0.6) is 0 Å². The average Bonchev–Trinajstić information content (AvgIpc) is 2.69. The Morgan fingerprint density at radius 1 is 1.44 bits per heavy atom. The Morgan fingerprint density at radius 2 is 2.06 bits per heavy atom. The fraction of sp³-hybridized carbons (Fsp3) is 0.615. The number of halogens is 2. The minimum atomic E-state index is 0.155. The van der Waals surface area contributed by atoms with Crippen molar-refractivity contribution in [2.45, 2.75) is 33.1 Å². The maximum absolute atomic E-state index is 12.4. The van der Waals surface area contributed by atoms with Gasteiger partial charge >= 0.3 is 0 Å². The van der Waals surface area contributed by atoms with Crippen LogP contribution in [0.15, 0.2) is 13.6 Å². The van der Waals surface area contributed by atoms with Crippen molar-refractivity contribution < 1.29 is 4.79 Å². The first-order valence-electron chi connectivity index (χ1n) is 6.19. The SMILES string of the molecule is CCC1(C)CCN(C(=O)c2cc(Br)sc2Br)CC1. The summed E-state index contributed by atoms with van der Waals surface area (Å²) >= 11 is 8.44. The van der Waals surface area contributed by atoms with Crippen LogP contribution >= 0.6 is 43.2 Å². The van der Waals surface area contributed by atoms with Gasteiger partial charge in [0, 0.05) is 13.1 Å². The maximum Gasteiger partial charge on any atom is 0.255 e. The molecule has 1 amide bonds. The molecule has 0 unspecified atom stereocenters. The Labute approximate surface area is 129 Å². The average molecular weight is 395 g/mol. The van der Waals surface area contributed by atoms with Gasteiger partial charge in [0.05, 0.1) is 13.1 Å². The Bertz CT molecular complexity index is 450. The number of hydrogen-bond donors (Lipinski definition) is 0.